The Bertz CT molecular complexity index is 431. The molecule has 2 bridgehead atoms. The molecule has 98 valence electrons. The largest absolute Gasteiger partial charge is 0.382 e. The highest BCUT2D eigenvalue weighted by molar-refractivity contribution is 5.46. The first-order chi connectivity index (χ1) is 8.48. The Morgan fingerprint density at radius 3 is 2.28 bits per heavy atom. The molecular formula is C17H25N. The Labute approximate surface area is 111 Å². The van der Waals surface area contributed by atoms with Crippen LogP contribution < -0.4 is 5.32 Å². The highest BCUT2D eigenvalue weighted by Gasteiger charge is 2.57. The fraction of sp³-hybridized carbons (Fsp3) is 0.647. The second kappa shape index (κ2) is 4.01. The van der Waals surface area contributed by atoms with Gasteiger partial charge in [0.15, 0.2) is 0 Å². The quantitative estimate of drug-likeness (QED) is 0.807. The van der Waals surface area contributed by atoms with Gasteiger partial charge in [-0.05, 0) is 55.1 Å². The number of benzene rings is 1. The van der Waals surface area contributed by atoms with Gasteiger partial charge in [0.1, 0.15) is 0 Å². The molecule has 1 aromatic carbocycles. The van der Waals surface area contributed by atoms with Crippen molar-refractivity contribution < 1.29 is 0 Å². The smallest absolute Gasteiger partial charge is 0.0342 e. The Morgan fingerprint density at radius 2 is 1.72 bits per heavy atom. The molecule has 0 radical (unpaired) electrons. The van der Waals surface area contributed by atoms with Gasteiger partial charge in [-0.2, -0.15) is 0 Å². The number of anilines is 1. The number of nitrogens with one attached hydrogen (secondary N) is 1. The summed E-state index contributed by atoms with van der Waals surface area (Å²) in [5, 5.41) is 3.78. The van der Waals surface area contributed by atoms with Gasteiger partial charge in [-0.15, -0.1) is 0 Å². The molecule has 0 spiro atoms. The van der Waals surface area contributed by atoms with Crippen LogP contribution in [0.25, 0.3) is 0 Å². The van der Waals surface area contributed by atoms with Crippen LogP contribution in [-0.2, 0) is 0 Å². The van der Waals surface area contributed by atoms with Gasteiger partial charge in [0.05, 0.1) is 0 Å². The summed E-state index contributed by atoms with van der Waals surface area (Å²) in [6, 6.07) is 9.50. The monoisotopic (exact) mass is 243 g/mol. The maximum absolute atomic E-state index is 3.78. The van der Waals surface area contributed by atoms with Crippen LogP contribution in [0.2, 0.25) is 0 Å². The third kappa shape index (κ3) is 1.75. The zero-order valence-corrected chi connectivity index (χ0v) is 12.0. The minimum Gasteiger partial charge on any atom is -0.382 e. The molecule has 0 saturated heterocycles. The molecule has 0 heterocycles. The van der Waals surface area contributed by atoms with Gasteiger partial charge in [0, 0.05) is 11.7 Å². The lowest BCUT2D eigenvalue weighted by Gasteiger charge is -2.62. The number of fused-ring (bicyclic) bond motifs is 2. The van der Waals surface area contributed by atoms with Gasteiger partial charge < -0.3 is 5.32 Å². The highest BCUT2D eigenvalue weighted by Crippen LogP contribution is 2.61. The second-order valence-corrected chi connectivity index (χ2v) is 7.10. The lowest BCUT2D eigenvalue weighted by atomic mass is 9.44. The summed E-state index contributed by atoms with van der Waals surface area (Å²) in [5.74, 6) is 2.69. The van der Waals surface area contributed by atoms with Crippen molar-refractivity contribution >= 4 is 5.69 Å². The minimum absolute atomic E-state index is 0.542. The molecule has 1 N–H and O–H groups in total. The summed E-state index contributed by atoms with van der Waals surface area (Å²) in [5.41, 5.74) is 3.17. The first kappa shape index (κ1) is 12.1. The van der Waals surface area contributed by atoms with Gasteiger partial charge in [-0.1, -0.05) is 38.5 Å². The SMILES string of the molecule is Cc1ccc(N[C@@H]2C[C@@H](C)[C@@H]3C[C@H]2C3(C)C)cc1. The second-order valence-electron chi connectivity index (χ2n) is 7.10. The Kier molecular flexibility index (Phi) is 2.69. The van der Waals surface area contributed by atoms with Crippen LogP contribution in [0, 0.1) is 30.1 Å². The fourth-order valence-electron chi connectivity index (χ4n) is 4.40. The third-order valence-corrected chi connectivity index (χ3v) is 5.62. The lowest BCUT2D eigenvalue weighted by molar-refractivity contribution is -0.106. The molecule has 0 aliphatic heterocycles. The van der Waals surface area contributed by atoms with Crippen LogP contribution in [0.1, 0.15) is 39.2 Å². The third-order valence-electron chi connectivity index (χ3n) is 5.62. The molecule has 3 aliphatic carbocycles. The van der Waals surface area contributed by atoms with Gasteiger partial charge in [-0.25, -0.2) is 0 Å². The van der Waals surface area contributed by atoms with E-state index in [9.17, 15) is 0 Å². The van der Waals surface area contributed by atoms with Crippen LogP contribution in [0.5, 0.6) is 0 Å². The van der Waals surface area contributed by atoms with Crippen molar-refractivity contribution in [3.8, 4) is 0 Å². The van der Waals surface area contributed by atoms with E-state index in [0.717, 1.165) is 17.8 Å². The van der Waals surface area contributed by atoms with E-state index in [1.807, 2.05) is 0 Å². The Balaban J connectivity index is 1.75. The van der Waals surface area contributed by atoms with E-state index in [1.54, 1.807) is 0 Å². The van der Waals surface area contributed by atoms with Crippen LogP contribution >= 0.6 is 0 Å². The van der Waals surface area contributed by atoms with Gasteiger partial charge >= 0.3 is 0 Å². The average molecular weight is 243 g/mol. The zero-order chi connectivity index (χ0) is 12.9. The number of hydrogen-bond acceptors (Lipinski definition) is 1. The molecule has 0 aromatic heterocycles. The van der Waals surface area contributed by atoms with Crippen molar-refractivity contribution in [1.82, 2.24) is 0 Å². The van der Waals surface area contributed by atoms with Crippen LogP contribution in [0.15, 0.2) is 24.3 Å². The van der Waals surface area contributed by atoms with Gasteiger partial charge in [-0.3, -0.25) is 0 Å². The summed E-state index contributed by atoms with van der Waals surface area (Å²) in [6.45, 7) is 9.51. The van der Waals surface area contributed by atoms with Crippen molar-refractivity contribution in [2.75, 3.05) is 5.32 Å². The normalized spacial score (nSPS) is 36.9. The fourth-order valence-corrected chi connectivity index (χ4v) is 4.40. The lowest BCUT2D eigenvalue weighted by Crippen LogP contribution is -2.60. The predicted octanol–water partition coefficient (Wildman–Crippen LogP) is 4.48. The molecule has 3 saturated carbocycles. The van der Waals surface area contributed by atoms with E-state index in [2.05, 4.69) is 57.3 Å². The molecule has 3 fully saturated rings. The summed E-state index contributed by atoms with van der Waals surface area (Å²) >= 11 is 0. The van der Waals surface area contributed by atoms with E-state index < -0.39 is 0 Å². The number of hydrogen-bond donors (Lipinski definition) is 1. The summed E-state index contributed by atoms with van der Waals surface area (Å²) in [4.78, 5) is 0. The van der Waals surface area contributed by atoms with Crippen molar-refractivity contribution in [3.05, 3.63) is 29.8 Å². The van der Waals surface area contributed by atoms with Gasteiger partial charge in [0.25, 0.3) is 0 Å². The zero-order valence-electron chi connectivity index (χ0n) is 12.0. The molecule has 0 amide bonds. The maximum Gasteiger partial charge on any atom is 0.0342 e. The van der Waals surface area contributed by atoms with Crippen LogP contribution in [-0.4, -0.2) is 6.04 Å². The molecule has 3 aliphatic rings. The predicted molar refractivity (Wildman–Crippen MR) is 77.7 cm³/mol. The standard InChI is InChI=1S/C17H25N/c1-11-5-7-13(8-6-11)18-16-9-12(2)14-10-15(16)17(14,3)4/h5-8,12,14-16,18H,9-10H2,1-4H3/t12-,14+,15-,16-/m1/s1. The number of aryl methyl sites for hydroxylation is 1. The van der Waals surface area contributed by atoms with Crippen LogP contribution in [0.4, 0.5) is 5.69 Å². The van der Waals surface area contributed by atoms with Crippen molar-refractivity contribution in [2.45, 2.75) is 46.6 Å². The van der Waals surface area contributed by atoms with E-state index >= 15 is 0 Å². The molecule has 0 unspecified atom stereocenters. The maximum atomic E-state index is 3.78. The Morgan fingerprint density at radius 1 is 1.06 bits per heavy atom. The average Bonchev–Trinajstić information content (AvgIpc) is 2.31. The summed E-state index contributed by atoms with van der Waals surface area (Å²) in [6.07, 6.45) is 2.77. The first-order valence-corrected chi connectivity index (χ1v) is 7.31. The molecule has 4 atom stereocenters. The molecule has 1 heteroatoms. The topological polar surface area (TPSA) is 12.0 Å². The molecule has 4 rings (SSSR count). The molecule has 1 aromatic rings. The van der Waals surface area contributed by atoms with Gasteiger partial charge in [0.2, 0.25) is 0 Å². The van der Waals surface area contributed by atoms with Crippen molar-refractivity contribution in [3.63, 3.8) is 0 Å². The molecule has 1 nitrogen and oxygen atoms in total. The number of rotatable bonds is 2. The Hall–Kier alpha value is -0.980. The van der Waals surface area contributed by atoms with Crippen molar-refractivity contribution in [1.29, 1.82) is 0 Å². The van der Waals surface area contributed by atoms with E-state index in [1.165, 1.54) is 24.1 Å². The van der Waals surface area contributed by atoms with E-state index in [-0.39, 0.29) is 0 Å². The van der Waals surface area contributed by atoms with Crippen LogP contribution in [0.3, 0.4) is 0 Å². The molecular weight excluding hydrogens is 218 g/mol. The van der Waals surface area contributed by atoms with Crippen molar-refractivity contribution in [2.24, 2.45) is 23.2 Å². The summed E-state index contributed by atoms with van der Waals surface area (Å²) < 4.78 is 0. The minimum atomic E-state index is 0.542. The van der Waals surface area contributed by atoms with E-state index in [4.69, 9.17) is 0 Å². The summed E-state index contributed by atoms with van der Waals surface area (Å²) in [7, 11) is 0. The van der Waals surface area contributed by atoms with E-state index in [0.29, 0.717) is 11.5 Å². The molecule has 18 heavy (non-hydrogen) atoms. The highest BCUT2D eigenvalue weighted by atomic mass is 15.0. The first-order valence-electron chi connectivity index (χ1n) is 7.31.